The third-order valence-electron chi connectivity index (χ3n) is 2.94. The second kappa shape index (κ2) is 5.75. The minimum Gasteiger partial charge on any atom is -0.481 e. The number of carbonyl (C=O) groups excluding carboxylic acids is 1. The van der Waals surface area contributed by atoms with Crippen LogP contribution in [0.25, 0.3) is 0 Å². The van der Waals surface area contributed by atoms with Crippen molar-refractivity contribution < 1.29 is 29.6 Å². The number of nitrogens with one attached hydrogen (secondary N) is 1. The first-order chi connectivity index (χ1) is 8.60. The number of carboxylic acid groups (broad SMARTS) is 1. The van der Waals surface area contributed by atoms with Gasteiger partial charge >= 0.3 is 12.1 Å². The smallest absolute Gasteiger partial charge is 0.407 e. The van der Waals surface area contributed by atoms with E-state index >= 15 is 0 Å². The molecule has 0 radical (unpaired) electrons. The van der Waals surface area contributed by atoms with Crippen LogP contribution in [0.15, 0.2) is 0 Å². The molecule has 1 aliphatic rings. The summed E-state index contributed by atoms with van der Waals surface area (Å²) in [5, 5.41) is 30.6. The van der Waals surface area contributed by atoms with Gasteiger partial charge in [0.15, 0.2) is 0 Å². The number of carbonyl (C=O) groups is 2. The van der Waals surface area contributed by atoms with Crippen LogP contribution in [0.5, 0.6) is 0 Å². The summed E-state index contributed by atoms with van der Waals surface area (Å²) in [6, 6.07) is -0.759. The maximum Gasteiger partial charge on any atom is 0.407 e. The molecule has 19 heavy (non-hydrogen) atoms. The summed E-state index contributed by atoms with van der Waals surface area (Å²) in [4.78, 5) is 22.7. The Morgan fingerprint density at radius 1 is 1.16 bits per heavy atom. The quantitative estimate of drug-likeness (QED) is 0.568. The molecule has 1 saturated carbocycles. The number of alkyl carbamates (subject to hydrolysis) is 1. The standard InChI is InChI=1S/C12H21NO6/c1-12(2,3)19-11(18)13-7-5-9(15)8(14)4-6(7)10(16)17/h6-9,14-15H,4-5H2,1-3H3,(H,13,18)(H,16,17)/t6-,7+,8-,9+/m1/s1. The maximum atomic E-state index is 11.6. The van der Waals surface area contributed by atoms with E-state index in [9.17, 15) is 19.8 Å². The molecule has 7 nitrogen and oxygen atoms in total. The summed E-state index contributed by atoms with van der Waals surface area (Å²) in [5.74, 6) is -2.06. The minimum atomic E-state index is -1.12. The number of aliphatic carboxylic acids is 1. The highest BCUT2D eigenvalue weighted by molar-refractivity contribution is 5.74. The number of amides is 1. The number of carboxylic acids is 1. The van der Waals surface area contributed by atoms with Gasteiger partial charge in [0.1, 0.15) is 5.60 Å². The summed E-state index contributed by atoms with van der Waals surface area (Å²) in [5.41, 5.74) is -0.685. The Bertz CT molecular complexity index is 351. The lowest BCUT2D eigenvalue weighted by molar-refractivity contribution is -0.147. The van der Waals surface area contributed by atoms with Gasteiger partial charge in [0.25, 0.3) is 0 Å². The van der Waals surface area contributed by atoms with E-state index in [1.54, 1.807) is 20.8 Å². The van der Waals surface area contributed by atoms with Crippen LogP contribution in [0.4, 0.5) is 4.79 Å². The highest BCUT2D eigenvalue weighted by Gasteiger charge is 2.40. The highest BCUT2D eigenvalue weighted by atomic mass is 16.6. The Labute approximate surface area is 111 Å². The number of hydrogen-bond donors (Lipinski definition) is 4. The van der Waals surface area contributed by atoms with Gasteiger partial charge in [0, 0.05) is 6.04 Å². The molecule has 0 saturated heterocycles. The number of rotatable bonds is 2. The number of aliphatic hydroxyl groups excluding tert-OH is 2. The molecule has 0 heterocycles. The molecule has 4 N–H and O–H groups in total. The van der Waals surface area contributed by atoms with Gasteiger partial charge < -0.3 is 25.4 Å². The lowest BCUT2D eigenvalue weighted by atomic mass is 9.81. The van der Waals surface area contributed by atoms with Crippen molar-refractivity contribution in [1.82, 2.24) is 5.32 Å². The van der Waals surface area contributed by atoms with Crippen molar-refractivity contribution in [1.29, 1.82) is 0 Å². The zero-order valence-corrected chi connectivity index (χ0v) is 11.3. The van der Waals surface area contributed by atoms with E-state index in [2.05, 4.69) is 5.32 Å². The van der Waals surface area contributed by atoms with Crippen LogP contribution in [0.3, 0.4) is 0 Å². The van der Waals surface area contributed by atoms with Gasteiger partial charge in [0.2, 0.25) is 0 Å². The molecule has 0 unspecified atom stereocenters. The van der Waals surface area contributed by atoms with E-state index < -0.39 is 41.8 Å². The lowest BCUT2D eigenvalue weighted by Gasteiger charge is -2.35. The molecule has 0 aliphatic heterocycles. The average Bonchev–Trinajstić information content (AvgIpc) is 2.19. The second-order valence-electron chi connectivity index (χ2n) is 5.80. The molecule has 1 rings (SSSR count). The Hall–Kier alpha value is -1.34. The van der Waals surface area contributed by atoms with Gasteiger partial charge in [-0.15, -0.1) is 0 Å². The van der Waals surface area contributed by atoms with Crippen molar-refractivity contribution in [3.05, 3.63) is 0 Å². The summed E-state index contributed by atoms with van der Waals surface area (Å²) >= 11 is 0. The third kappa shape index (κ3) is 4.68. The fraction of sp³-hybridized carbons (Fsp3) is 0.833. The zero-order valence-electron chi connectivity index (χ0n) is 11.3. The van der Waals surface area contributed by atoms with Crippen LogP contribution >= 0.6 is 0 Å². The van der Waals surface area contributed by atoms with Gasteiger partial charge in [-0.25, -0.2) is 4.79 Å². The molecular formula is C12H21NO6. The molecule has 1 aliphatic carbocycles. The van der Waals surface area contributed by atoms with Crippen LogP contribution in [0, 0.1) is 5.92 Å². The van der Waals surface area contributed by atoms with E-state index in [4.69, 9.17) is 9.84 Å². The first-order valence-corrected chi connectivity index (χ1v) is 6.18. The zero-order chi connectivity index (χ0) is 14.8. The van der Waals surface area contributed by atoms with Crippen LogP contribution in [0.1, 0.15) is 33.6 Å². The summed E-state index contributed by atoms with van der Waals surface area (Å²) < 4.78 is 5.04. The molecule has 7 heteroatoms. The van der Waals surface area contributed by atoms with Crippen LogP contribution in [-0.4, -0.2) is 51.2 Å². The Morgan fingerprint density at radius 3 is 2.16 bits per heavy atom. The minimum absolute atomic E-state index is 0.0165. The molecule has 1 amide bonds. The van der Waals surface area contributed by atoms with Crippen LogP contribution in [0.2, 0.25) is 0 Å². The average molecular weight is 275 g/mol. The molecule has 0 aromatic rings. The third-order valence-corrected chi connectivity index (χ3v) is 2.94. The lowest BCUT2D eigenvalue weighted by Crippen LogP contribution is -2.53. The monoisotopic (exact) mass is 275 g/mol. The first kappa shape index (κ1) is 15.7. The fourth-order valence-corrected chi connectivity index (χ4v) is 2.05. The predicted octanol–water partition coefficient (Wildman–Crippen LogP) is 0.0961. The number of ether oxygens (including phenoxy) is 1. The van der Waals surface area contributed by atoms with Crippen molar-refractivity contribution in [2.24, 2.45) is 5.92 Å². The van der Waals surface area contributed by atoms with Crippen molar-refractivity contribution in [2.45, 2.75) is 57.5 Å². The van der Waals surface area contributed by atoms with Gasteiger partial charge in [-0.05, 0) is 33.6 Å². The molecule has 0 aromatic carbocycles. The molecular weight excluding hydrogens is 254 g/mol. The van der Waals surface area contributed by atoms with Crippen LogP contribution in [-0.2, 0) is 9.53 Å². The van der Waals surface area contributed by atoms with Crippen LogP contribution < -0.4 is 5.32 Å². The Balaban J connectivity index is 2.68. The maximum absolute atomic E-state index is 11.6. The van der Waals surface area contributed by atoms with Gasteiger partial charge in [0.05, 0.1) is 18.1 Å². The van der Waals surface area contributed by atoms with E-state index in [0.29, 0.717) is 0 Å². The molecule has 0 spiro atoms. The van der Waals surface area contributed by atoms with Crippen molar-refractivity contribution >= 4 is 12.1 Å². The van der Waals surface area contributed by atoms with E-state index in [-0.39, 0.29) is 12.8 Å². The SMILES string of the molecule is CC(C)(C)OC(=O)N[C@H]1C[C@H](O)[C@H](O)C[C@H]1C(=O)O. The summed E-state index contributed by atoms with van der Waals surface area (Å²) in [6.45, 7) is 5.09. The normalized spacial score (nSPS) is 31.6. The Kier molecular flexibility index (Phi) is 4.75. The molecule has 0 aromatic heterocycles. The molecule has 110 valence electrons. The topological polar surface area (TPSA) is 116 Å². The fourth-order valence-electron chi connectivity index (χ4n) is 2.05. The summed E-state index contributed by atoms with van der Waals surface area (Å²) in [7, 11) is 0. The largest absolute Gasteiger partial charge is 0.481 e. The molecule has 1 fully saturated rings. The summed E-state index contributed by atoms with van der Waals surface area (Å²) in [6.07, 6.45) is -2.98. The predicted molar refractivity (Wildman–Crippen MR) is 65.5 cm³/mol. The molecule has 4 atom stereocenters. The Morgan fingerprint density at radius 2 is 1.68 bits per heavy atom. The van der Waals surface area contributed by atoms with Gasteiger partial charge in [-0.2, -0.15) is 0 Å². The van der Waals surface area contributed by atoms with Crippen molar-refractivity contribution in [3.8, 4) is 0 Å². The number of aliphatic hydroxyl groups is 2. The molecule has 0 bridgehead atoms. The first-order valence-electron chi connectivity index (χ1n) is 6.18. The number of hydrogen-bond acceptors (Lipinski definition) is 5. The van der Waals surface area contributed by atoms with E-state index in [1.165, 1.54) is 0 Å². The highest BCUT2D eigenvalue weighted by Crippen LogP contribution is 2.26. The van der Waals surface area contributed by atoms with Crippen molar-refractivity contribution in [2.75, 3.05) is 0 Å². The van der Waals surface area contributed by atoms with Crippen molar-refractivity contribution in [3.63, 3.8) is 0 Å². The van der Waals surface area contributed by atoms with E-state index in [1.807, 2.05) is 0 Å². The van der Waals surface area contributed by atoms with Gasteiger partial charge in [-0.3, -0.25) is 4.79 Å². The second-order valence-corrected chi connectivity index (χ2v) is 5.80. The van der Waals surface area contributed by atoms with E-state index in [0.717, 1.165) is 0 Å². The van der Waals surface area contributed by atoms with Gasteiger partial charge in [-0.1, -0.05) is 0 Å².